The van der Waals surface area contributed by atoms with Crippen molar-refractivity contribution in [1.82, 2.24) is 5.32 Å². The van der Waals surface area contributed by atoms with Gasteiger partial charge in [-0.25, -0.2) is 0 Å². The van der Waals surface area contributed by atoms with Gasteiger partial charge in [-0.05, 0) is 43.4 Å². The van der Waals surface area contributed by atoms with Crippen molar-refractivity contribution in [1.29, 1.82) is 0 Å². The highest BCUT2D eigenvalue weighted by Gasteiger charge is 2.38. The molecule has 3 nitrogen and oxygen atoms in total. The number of ether oxygens (including phenoxy) is 1. The Morgan fingerprint density at radius 1 is 1.35 bits per heavy atom. The minimum atomic E-state index is 0.127. The van der Waals surface area contributed by atoms with Crippen LogP contribution in [0.3, 0.4) is 0 Å². The van der Waals surface area contributed by atoms with Crippen molar-refractivity contribution in [2.75, 3.05) is 20.8 Å². The third-order valence-corrected chi connectivity index (χ3v) is 4.02. The first-order chi connectivity index (χ1) is 8.21. The second kappa shape index (κ2) is 7.70. The Morgan fingerprint density at radius 3 is 2.47 bits per heavy atom. The van der Waals surface area contributed by atoms with Crippen LogP contribution in [0.5, 0.6) is 0 Å². The van der Waals surface area contributed by atoms with E-state index in [0.29, 0.717) is 6.42 Å². The van der Waals surface area contributed by atoms with Crippen LogP contribution in [0.2, 0.25) is 0 Å². The summed E-state index contributed by atoms with van der Waals surface area (Å²) >= 11 is 0. The molecule has 2 bridgehead atoms. The number of amides is 1. The zero-order chi connectivity index (χ0) is 12.7. The van der Waals surface area contributed by atoms with Crippen LogP contribution in [0.15, 0.2) is 0 Å². The Labute approximate surface area is 105 Å². The molecule has 3 heteroatoms. The van der Waals surface area contributed by atoms with Gasteiger partial charge in [0.15, 0.2) is 0 Å². The highest BCUT2D eigenvalue weighted by Crippen LogP contribution is 2.48. The van der Waals surface area contributed by atoms with Crippen molar-refractivity contribution in [3.63, 3.8) is 0 Å². The van der Waals surface area contributed by atoms with Crippen LogP contribution in [-0.4, -0.2) is 26.7 Å². The van der Waals surface area contributed by atoms with E-state index in [0.717, 1.165) is 30.8 Å². The molecular weight excluding hydrogens is 214 g/mol. The smallest absolute Gasteiger partial charge is 0.219 e. The van der Waals surface area contributed by atoms with E-state index in [1.165, 1.54) is 25.7 Å². The molecule has 0 heterocycles. The summed E-state index contributed by atoms with van der Waals surface area (Å²) in [6.07, 6.45) is 7.53. The first kappa shape index (κ1) is 14.5. The van der Waals surface area contributed by atoms with Gasteiger partial charge in [-0.15, -0.1) is 0 Å². The van der Waals surface area contributed by atoms with Gasteiger partial charge in [0.25, 0.3) is 0 Å². The van der Waals surface area contributed by atoms with Gasteiger partial charge in [0.05, 0.1) is 0 Å². The van der Waals surface area contributed by atoms with Gasteiger partial charge in [0, 0.05) is 27.2 Å². The number of methoxy groups -OCH3 is 1. The van der Waals surface area contributed by atoms with Crippen molar-refractivity contribution < 1.29 is 9.53 Å². The molecule has 0 aromatic carbocycles. The van der Waals surface area contributed by atoms with Crippen molar-refractivity contribution >= 4 is 5.91 Å². The van der Waals surface area contributed by atoms with Crippen molar-refractivity contribution in [2.45, 2.75) is 45.4 Å². The lowest BCUT2D eigenvalue weighted by atomic mass is 9.90. The first-order valence-electron chi connectivity index (χ1n) is 6.90. The average molecular weight is 241 g/mol. The number of carbonyl (C=O) groups excluding carboxylic acids is 1. The molecule has 3 unspecified atom stereocenters. The lowest BCUT2D eigenvalue weighted by molar-refractivity contribution is -0.120. The summed E-state index contributed by atoms with van der Waals surface area (Å²) in [7, 11) is 3.48. The Balaban J connectivity index is 0.000000185. The average Bonchev–Trinajstić information content (AvgIpc) is 2.92. The summed E-state index contributed by atoms with van der Waals surface area (Å²) in [6, 6.07) is 0. The summed E-state index contributed by atoms with van der Waals surface area (Å²) in [4.78, 5) is 10.3. The van der Waals surface area contributed by atoms with Crippen LogP contribution >= 0.6 is 0 Å². The van der Waals surface area contributed by atoms with E-state index in [2.05, 4.69) is 5.32 Å². The van der Waals surface area contributed by atoms with E-state index < -0.39 is 0 Å². The number of carbonyl (C=O) groups is 1. The van der Waals surface area contributed by atoms with Crippen LogP contribution in [0.1, 0.15) is 45.4 Å². The van der Waals surface area contributed by atoms with E-state index in [-0.39, 0.29) is 5.91 Å². The van der Waals surface area contributed by atoms with Crippen LogP contribution < -0.4 is 5.32 Å². The number of nitrogens with one attached hydrogen (secondary N) is 1. The van der Waals surface area contributed by atoms with Gasteiger partial charge in [0.1, 0.15) is 0 Å². The van der Waals surface area contributed by atoms with Gasteiger partial charge in [-0.1, -0.05) is 13.3 Å². The molecule has 0 aliphatic heterocycles. The molecule has 2 fully saturated rings. The van der Waals surface area contributed by atoms with Gasteiger partial charge >= 0.3 is 0 Å². The molecule has 100 valence electrons. The minimum absolute atomic E-state index is 0.127. The largest absolute Gasteiger partial charge is 0.384 e. The number of hydrogen-bond donors (Lipinski definition) is 1. The second-order valence-electron chi connectivity index (χ2n) is 5.31. The zero-order valence-corrected chi connectivity index (χ0v) is 11.5. The SMILES string of the molecule is CCCC(=O)NC.COCC1CC2CCC1C2. The highest BCUT2D eigenvalue weighted by atomic mass is 16.5. The monoisotopic (exact) mass is 241 g/mol. The Bertz CT molecular complexity index is 230. The molecule has 0 saturated heterocycles. The lowest BCUT2D eigenvalue weighted by Gasteiger charge is -2.19. The van der Waals surface area contributed by atoms with Crippen molar-refractivity contribution in [3.8, 4) is 0 Å². The molecule has 0 radical (unpaired) electrons. The van der Waals surface area contributed by atoms with E-state index in [1.54, 1.807) is 7.05 Å². The molecule has 2 saturated carbocycles. The predicted molar refractivity (Wildman–Crippen MR) is 69.8 cm³/mol. The molecule has 2 aliphatic rings. The van der Waals surface area contributed by atoms with Gasteiger partial charge in [-0.2, -0.15) is 0 Å². The van der Waals surface area contributed by atoms with Crippen LogP contribution in [0.4, 0.5) is 0 Å². The van der Waals surface area contributed by atoms with E-state index >= 15 is 0 Å². The first-order valence-corrected chi connectivity index (χ1v) is 6.90. The summed E-state index contributed by atoms with van der Waals surface area (Å²) in [5.41, 5.74) is 0. The van der Waals surface area contributed by atoms with Gasteiger partial charge in [0.2, 0.25) is 5.91 Å². The van der Waals surface area contributed by atoms with Gasteiger partial charge in [-0.3, -0.25) is 4.79 Å². The fraction of sp³-hybridized carbons (Fsp3) is 0.929. The number of hydrogen-bond acceptors (Lipinski definition) is 2. The summed E-state index contributed by atoms with van der Waals surface area (Å²) in [5, 5.41) is 2.53. The standard InChI is InChI=1S/C9H16O.C5H11NO/c1-10-6-9-5-7-2-3-8(9)4-7;1-3-4-5(7)6-2/h7-9H,2-6H2,1H3;3-4H2,1-2H3,(H,6,7). The molecule has 0 spiro atoms. The minimum Gasteiger partial charge on any atom is -0.384 e. The maximum Gasteiger partial charge on any atom is 0.219 e. The van der Waals surface area contributed by atoms with Crippen LogP contribution in [0.25, 0.3) is 0 Å². The summed E-state index contributed by atoms with van der Waals surface area (Å²) in [5.74, 6) is 3.15. The van der Waals surface area contributed by atoms with Crippen LogP contribution in [-0.2, 0) is 9.53 Å². The van der Waals surface area contributed by atoms with Crippen LogP contribution in [0, 0.1) is 17.8 Å². The lowest BCUT2D eigenvalue weighted by Crippen LogP contribution is -2.16. The van der Waals surface area contributed by atoms with Crippen molar-refractivity contribution in [2.24, 2.45) is 17.8 Å². The Kier molecular flexibility index (Phi) is 6.56. The van der Waals surface area contributed by atoms with Gasteiger partial charge < -0.3 is 10.1 Å². The number of rotatable bonds is 4. The summed E-state index contributed by atoms with van der Waals surface area (Å²) in [6.45, 7) is 3.00. The molecule has 0 aromatic heterocycles. The Hall–Kier alpha value is -0.570. The van der Waals surface area contributed by atoms with Crippen molar-refractivity contribution in [3.05, 3.63) is 0 Å². The fourth-order valence-electron chi connectivity index (χ4n) is 3.15. The molecule has 0 aromatic rings. The normalized spacial score (nSPS) is 29.7. The summed E-state index contributed by atoms with van der Waals surface area (Å²) < 4.78 is 5.18. The Morgan fingerprint density at radius 2 is 2.12 bits per heavy atom. The van der Waals surface area contributed by atoms with E-state index in [1.807, 2.05) is 14.0 Å². The highest BCUT2D eigenvalue weighted by molar-refractivity contribution is 5.75. The van der Waals surface area contributed by atoms with E-state index in [9.17, 15) is 4.79 Å². The predicted octanol–water partition coefficient (Wildman–Crippen LogP) is 2.60. The molecular formula is C14H27NO2. The molecule has 1 amide bonds. The molecule has 17 heavy (non-hydrogen) atoms. The maximum atomic E-state index is 10.3. The topological polar surface area (TPSA) is 38.3 Å². The molecule has 2 aliphatic carbocycles. The fourth-order valence-corrected chi connectivity index (χ4v) is 3.15. The quantitative estimate of drug-likeness (QED) is 0.821. The molecule has 1 N–H and O–H groups in total. The number of fused-ring (bicyclic) bond motifs is 2. The third kappa shape index (κ3) is 4.66. The molecule has 3 atom stereocenters. The molecule has 2 rings (SSSR count). The maximum absolute atomic E-state index is 10.3. The third-order valence-electron chi connectivity index (χ3n) is 4.02. The second-order valence-corrected chi connectivity index (χ2v) is 5.31. The zero-order valence-electron chi connectivity index (χ0n) is 11.5. The van der Waals surface area contributed by atoms with E-state index in [4.69, 9.17) is 4.74 Å².